The molecule has 1 saturated carbocycles. The Labute approximate surface area is 161 Å². The molecule has 2 aromatic carbocycles. The number of carbonyl (C=O) groups excluding carboxylic acids is 2. The first kappa shape index (κ1) is 19.2. The van der Waals surface area contributed by atoms with E-state index in [1.54, 1.807) is 24.3 Å². The van der Waals surface area contributed by atoms with Crippen LogP contribution in [0.15, 0.2) is 54.6 Å². The van der Waals surface area contributed by atoms with Crippen LogP contribution in [0.5, 0.6) is 0 Å². The molecule has 0 aliphatic heterocycles. The van der Waals surface area contributed by atoms with Crippen LogP contribution in [-0.2, 0) is 10.2 Å². The van der Waals surface area contributed by atoms with Gasteiger partial charge in [0.25, 0.3) is 5.91 Å². The lowest BCUT2D eigenvalue weighted by atomic mass is 9.78. The van der Waals surface area contributed by atoms with Crippen LogP contribution in [0.4, 0.5) is 5.69 Å². The third kappa shape index (κ3) is 4.21. The number of nitrogens with one attached hydrogen (secondary N) is 2. The minimum absolute atomic E-state index is 0.0445. The van der Waals surface area contributed by atoms with Crippen molar-refractivity contribution in [3.63, 3.8) is 0 Å². The number of carbonyl (C=O) groups is 2. The third-order valence-electron chi connectivity index (χ3n) is 5.61. The van der Waals surface area contributed by atoms with E-state index in [9.17, 15) is 9.59 Å². The monoisotopic (exact) mass is 364 g/mol. The lowest BCUT2D eigenvalue weighted by Gasteiger charge is -2.28. The van der Waals surface area contributed by atoms with Gasteiger partial charge in [-0.2, -0.15) is 0 Å². The summed E-state index contributed by atoms with van der Waals surface area (Å²) < 4.78 is 0. The SMILES string of the molecule is CCC(C)NC(=O)c1ccc(NC(=O)C2(c3ccccc3)CCCC2)cc1. The predicted octanol–water partition coefficient (Wildman–Crippen LogP) is 4.67. The highest BCUT2D eigenvalue weighted by Gasteiger charge is 2.42. The predicted molar refractivity (Wildman–Crippen MR) is 109 cm³/mol. The molecule has 1 aliphatic rings. The summed E-state index contributed by atoms with van der Waals surface area (Å²) in [6.07, 6.45) is 4.77. The van der Waals surface area contributed by atoms with Crippen molar-refractivity contribution in [3.05, 3.63) is 65.7 Å². The molecule has 0 saturated heterocycles. The molecule has 1 aliphatic carbocycles. The molecule has 0 heterocycles. The van der Waals surface area contributed by atoms with E-state index in [2.05, 4.69) is 10.6 Å². The highest BCUT2D eigenvalue weighted by Crippen LogP contribution is 2.42. The van der Waals surface area contributed by atoms with Gasteiger partial charge in [0.2, 0.25) is 5.91 Å². The van der Waals surface area contributed by atoms with Crippen LogP contribution in [0.2, 0.25) is 0 Å². The Morgan fingerprint density at radius 2 is 1.63 bits per heavy atom. The molecule has 4 nitrogen and oxygen atoms in total. The molecular weight excluding hydrogens is 336 g/mol. The molecule has 0 spiro atoms. The Balaban J connectivity index is 1.73. The molecule has 27 heavy (non-hydrogen) atoms. The van der Waals surface area contributed by atoms with Crippen molar-refractivity contribution < 1.29 is 9.59 Å². The van der Waals surface area contributed by atoms with Crippen molar-refractivity contribution in [2.75, 3.05) is 5.32 Å². The molecule has 2 N–H and O–H groups in total. The first-order valence-corrected chi connectivity index (χ1v) is 9.83. The largest absolute Gasteiger partial charge is 0.350 e. The number of anilines is 1. The third-order valence-corrected chi connectivity index (χ3v) is 5.61. The van der Waals surface area contributed by atoms with E-state index in [1.165, 1.54) is 0 Å². The van der Waals surface area contributed by atoms with Crippen molar-refractivity contribution in [3.8, 4) is 0 Å². The molecule has 0 aromatic heterocycles. The van der Waals surface area contributed by atoms with Crippen LogP contribution >= 0.6 is 0 Å². The standard InChI is InChI=1S/C23H28N2O2/c1-3-17(2)24-21(26)18-11-13-20(14-12-18)25-22(27)23(15-7-8-16-23)19-9-5-4-6-10-19/h4-6,9-14,17H,3,7-8,15-16H2,1-2H3,(H,24,26)(H,25,27). The summed E-state index contributed by atoms with van der Waals surface area (Å²) in [7, 11) is 0. The highest BCUT2D eigenvalue weighted by atomic mass is 16.2. The average Bonchev–Trinajstić information content (AvgIpc) is 3.20. The molecule has 2 aromatic rings. The maximum atomic E-state index is 13.1. The quantitative estimate of drug-likeness (QED) is 0.783. The summed E-state index contributed by atoms with van der Waals surface area (Å²) in [4.78, 5) is 25.3. The van der Waals surface area contributed by atoms with Gasteiger partial charge in [0.05, 0.1) is 5.41 Å². The first-order valence-electron chi connectivity index (χ1n) is 9.83. The van der Waals surface area contributed by atoms with E-state index < -0.39 is 5.41 Å². The van der Waals surface area contributed by atoms with E-state index in [1.807, 2.05) is 44.2 Å². The van der Waals surface area contributed by atoms with Crippen LogP contribution in [0.3, 0.4) is 0 Å². The summed E-state index contributed by atoms with van der Waals surface area (Å²) >= 11 is 0. The van der Waals surface area contributed by atoms with Gasteiger partial charge in [0.15, 0.2) is 0 Å². The van der Waals surface area contributed by atoms with Crippen LogP contribution < -0.4 is 10.6 Å². The van der Waals surface area contributed by atoms with Crippen LogP contribution in [-0.4, -0.2) is 17.9 Å². The van der Waals surface area contributed by atoms with Crippen LogP contribution in [0.1, 0.15) is 61.9 Å². The molecule has 1 atom stereocenters. The van der Waals surface area contributed by atoms with Crippen LogP contribution in [0.25, 0.3) is 0 Å². The van der Waals surface area contributed by atoms with Gasteiger partial charge < -0.3 is 10.6 Å². The summed E-state index contributed by atoms with van der Waals surface area (Å²) in [5, 5.41) is 6.02. The lowest BCUT2D eigenvalue weighted by Crippen LogP contribution is -2.38. The second-order valence-electron chi connectivity index (χ2n) is 7.47. The molecular formula is C23H28N2O2. The van der Waals surface area contributed by atoms with Gasteiger partial charge in [0, 0.05) is 17.3 Å². The van der Waals surface area contributed by atoms with Crippen molar-refractivity contribution in [1.29, 1.82) is 0 Å². The Morgan fingerprint density at radius 1 is 1.00 bits per heavy atom. The number of rotatable bonds is 6. The Morgan fingerprint density at radius 3 is 2.22 bits per heavy atom. The zero-order valence-corrected chi connectivity index (χ0v) is 16.1. The van der Waals surface area contributed by atoms with Crippen molar-refractivity contribution >= 4 is 17.5 Å². The second kappa shape index (κ2) is 8.38. The van der Waals surface area contributed by atoms with Gasteiger partial charge in [-0.05, 0) is 56.0 Å². The van der Waals surface area contributed by atoms with Gasteiger partial charge in [-0.15, -0.1) is 0 Å². The molecule has 3 rings (SSSR count). The van der Waals surface area contributed by atoms with Gasteiger partial charge in [-0.25, -0.2) is 0 Å². The smallest absolute Gasteiger partial charge is 0.251 e. The molecule has 1 unspecified atom stereocenters. The second-order valence-corrected chi connectivity index (χ2v) is 7.47. The number of amides is 2. The van der Waals surface area contributed by atoms with Crippen molar-refractivity contribution in [2.24, 2.45) is 0 Å². The van der Waals surface area contributed by atoms with E-state index in [-0.39, 0.29) is 17.9 Å². The van der Waals surface area contributed by atoms with Crippen molar-refractivity contribution in [1.82, 2.24) is 5.32 Å². The molecule has 4 heteroatoms. The number of hydrogen-bond donors (Lipinski definition) is 2. The van der Waals surface area contributed by atoms with E-state index in [4.69, 9.17) is 0 Å². The minimum atomic E-state index is -0.451. The highest BCUT2D eigenvalue weighted by molar-refractivity contribution is 6.00. The lowest BCUT2D eigenvalue weighted by molar-refractivity contribution is -0.121. The zero-order valence-electron chi connectivity index (χ0n) is 16.1. The molecule has 2 amide bonds. The normalized spacial score (nSPS) is 16.5. The summed E-state index contributed by atoms with van der Waals surface area (Å²) in [6, 6.07) is 17.3. The molecule has 142 valence electrons. The van der Waals surface area contributed by atoms with Crippen molar-refractivity contribution in [2.45, 2.75) is 57.4 Å². The average molecular weight is 364 g/mol. The number of benzene rings is 2. The summed E-state index contributed by atoms with van der Waals surface area (Å²) in [5.41, 5.74) is 1.97. The van der Waals surface area contributed by atoms with Gasteiger partial charge in [-0.1, -0.05) is 50.1 Å². The first-order chi connectivity index (χ1) is 13.0. The maximum absolute atomic E-state index is 13.1. The fourth-order valence-corrected chi connectivity index (χ4v) is 3.75. The maximum Gasteiger partial charge on any atom is 0.251 e. The van der Waals surface area contributed by atoms with E-state index in [0.29, 0.717) is 5.56 Å². The van der Waals surface area contributed by atoms with Gasteiger partial charge in [-0.3, -0.25) is 9.59 Å². The summed E-state index contributed by atoms with van der Waals surface area (Å²) in [6.45, 7) is 4.02. The molecule has 0 radical (unpaired) electrons. The summed E-state index contributed by atoms with van der Waals surface area (Å²) in [5.74, 6) is -0.0400. The molecule has 1 fully saturated rings. The van der Waals surface area contributed by atoms with E-state index in [0.717, 1.165) is 43.4 Å². The molecule has 0 bridgehead atoms. The van der Waals surface area contributed by atoms with Gasteiger partial charge in [0.1, 0.15) is 0 Å². The van der Waals surface area contributed by atoms with Crippen LogP contribution in [0, 0.1) is 0 Å². The zero-order chi connectivity index (χ0) is 19.3. The Kier molecular flexibility index (Phi) is 5.94. The van der Waals surface area contributed by atoms with E-state index >= 15 is 0 Å². The minimum Gasteiger partial charge on any atom is -0.350 e. The Hall–Kier alpha value is -2.62. The fourth-order valence-electron chi connectivity index (χ4n) is 3.75. The topological polar surface area (TPSA) is 58.2 Å². The fraction of sp³-hybridized carbons (Fsp3) is 0.391. The number of hydrogen-bond acceptors (Lipinski definition) is 2. The Bertz CT molecular complexity index is 778. The van der Waals surface area contributed by atoms with Gasteiger partial charge >= 0.3 is 0 Å².